The van der Waals surface area contributed by atoms with Gasteiger partial charge in [-0.3, -0.25) is 0 Å². The van der Waals surface area contributed by atoms with E-state index in [1.807, 2.05) is 7.05 Å². The van der Waals surface area contributed by atoms with E-state index in [1.54, 1.807) is 0 Å². The smallest absolute Gasteiger partial charge is 0.169 e. The van der Waals surface area contributed by atoms with Crippen LogP contribution in [-0.4, -0.2) is 36.2 Å². The molecule has 3 nitrogen and oxygen atoms in total. The molecule has 1 aliphatic heterocycles. The van der Waals surface area contributed by atoms with E-state index in [0.29, 0.717) is 6.04 Å². The lowest BCUT2D eigenvalue weighted by Gasteiger charge is -2.29. The Bertz CT molecular complexity index is 450. The predicted molar refractivity (Wildman–Crippen MR) is 94.8 cm³/mol. The minimum Gasteiger partial charge on any atom is -0.372 e. The molecule has 0 unspecified atom stereocenters. The molecule has 0 bridgehead atoms. The molecule has 4 heteroatoms. The first-order valence-electron chi connectivity index (χ1n) is 7.92. The molecule has 0 amide bonds. The monoisotopic (exact) mass is 305 g/mol. The minimum atomic E-state index is 0.376. The molecule has 0 atom stereocenters. The third-order valence-corrected chi connectivity index (χ3v) is 4.27. The van der Waals surface area contributed by atoms with Crippen LogP contribution in [0.25, 0.3) is 0 Å². The second kappa shape index (κ2) is 7.64. The predicted octanol–water partition coefficient (Wildman–Crippen LogP) is 3.39. The van der Waals surface area contributed by atoms with Gasteiger partial charge in [-0.2, -0.15) is 0 Å². The molecule has 0 aromatic heterocycles. The second-order valence-electron chi connectivity index (χ2n) is 6.17. The molecule has 1 N–H and O–H groups in total. The molecule has 1 aromatic carbocycles. The van der Waals surface area contributed by atoms with Crippen molar-refractivity contribution in [2.75, 3.05) is 25.0 Å². The summed E-state index contributed by atoms with van der Waals surface area (Å²) in [5.74, 6) is 0. The molecule has 0 aliphatic carbocycles. The first kappa shape index (κ1) is 16.1. The Morgan fingerprint density at radius 1 is 1.19 bits per heavy atom. The Hall–Kier alpha value is -1.29. The van der Waals surface area contributed by atoms with Gasteiger partial charge in [0.05, 0.1) is 0 Å². The fraction of sp³-hybridized carbons (Fsp3) is 0.588. The molecule has 1 saturated heterocycles. The van der Waals surface area contributed by atoms with Crippen molar-refractivity contribution >= 4 is 23.0 Å². The highest BCUT2D eigenvalue weighted by molar-refractivity contribution is 7.80. The molecular weight excluding hydrogens is 278 g/mol. The Morgan fingerprint density at radius 2 is 1.81 bits per heavy atom. The lowest BCUT2D eigenvalue weighted by atomic mass is 10.1. The van der Waals surface area contributed by atoms with Gasteiger partial charge < -0.3 is 15.1 Å². The maximum absolute atomic E-state index is 5.39. The summed E-state index contributed by atoms with van der Waals surface area (Å²) in [5.41, 5.74) is 2.65. The van der Waals surface area contributed by atoms with Gasteiger partial charge >= 0.3 is 0 Å². The Kier molecular flexibility index (Phi) is 5.85. The highest BCUT2D eigenvalue weighted by Crippen LogP contribution is 2.20. The van der Waals surface area contributed by atoms with E-state index in [2.05, 4.69) is 53.2 Å². The van der Waals surface area contributed by atoms with Crippen LogP contribution in [0.2, 0.25) is 0 Å². The number of hydrogen-bond acceptors (Lipinski definition) is 2. The lowest BCUT2D eigenvalue weighted by molar-refractivity contribution is 0.480. The van der Waals surface area contributed by atoms with Crippen molar-refractivity contribution in [3.8, 4) is 0 Å². The van der Waals surface area contributed by atoms with Crippen molar-refractivity contribution in [3.05, 3.63) is 29.8 Å². The van der Waals surface area contributed by atoms with Crippen LogP contribution in [-0.2, 0) is 6.54 Å². The molecule has 0 saturated carbocycles. The minimum absolute atomic E-state index is 0.376. The third-order valence-electron chi connectivity index (χ3n) is 3.84. The van der Waals surface area contributed by atoms with Crippen molar-refractivity contribution < 1.29 is 0 Å². The molecule has 1 fully saturated rings. The topological polar surface area (TPSA) is 18.5 Å². The van der Waals surface area contributed by atoms with Crippen LogP contribution in [0.3, 0.4) is 0 Å². The van der Waals surface area contributed by atoms with Gasteiger partial charge in [0.15, 0.2) is 5.11 Å². The van der Waals surface area contributed by atoms with Gasteiger partial charge in [0.25, 0.3) is 0 Å². The molecule has 1 heterocycles. The molecule has 0 radical (unpaired) electrons. The number of piperidine rings is 1. The van der Waals surface area contributed by atoms with Gasteiger partial charge in [0.2, 0.25) is 0 Å². The van der Waals surface area contributed by atoms with E-state index in [0.717, 1.165) is 11.7 Å². The molecule has 2 rings (SSSR count). The van der Waals surface area contributed by atoms with Gasteiger partial charge in [-0.15, -0.1) is 0 Å². The number of nitrogens with zero attached hydrogens (tertiary/aromatic N) is 2. The standard InChI is InChI=1S/C17H27N3S/c1-14(2)18-17(21)19(3)13-15-7-9-16(10-8-15)20-11-5-4-6-12-20/h7-10,14H,4-6,11-13H2,1-3H3,(H,18,21). The van der Waals surface area contributed by atoms with E-state index in [9.17, 15) is 0 Å². The summed E-state index contributed by atoms with van der Waals surface area (Å²) < 4.78 is 0. The van der Waals surface area contributed by atoms with Crippen LogP contribution in [0.4, 0.5) is 5.69 Å². The fourth-order valence-corrected chi connectivity index (χ4v) is 2.97. The number of thiocarbonyl (C=S) groups is 1. The highest BCUT2D eigenvalue weighted by atomic mass is 32.1. The van der Waals surface area contributed by atoms with Gasteiger partial charge in [0.1, 0.15) is 0 Å². The van der Waals surface area contributed by atoms with Crippen molar-refractivity contribution in [3.63, 3.8) is 0 Å². The Balaban J connectivity index is 1.91. The Morgan fingerprint density at radius 3 is 2.38 bits per heavy atom. The molecule has 1 aliphatic rings. The lowest BCUT2D eigenvalue weighted by Crippen LogP contribution is -2.40. The number of nitrogens with one attached hydrogen (secondary N) is 1. The largest absolute Gasteiger partial charge is 0.372 e. The van der Waals surface area contributed by atoms with E-state index < -0.39 is 0 Å². The van der Waals surface area contributed by atoms with E-state index in [4.69, 9.17) is 12.2 Å². The maximum Gasteiger partial charge on any atom is 0.169 e. The van der Waals surface area contributed by atoms with Crippen LogP contribution >= 0.6 is 12.2 Å². The number of hydrogen-bond donors (Lipinski definition) is 1. The highest BCUT2D eigenvalue weighted by Gasteiger charge is 2.11. The van der Waals surface area contributed by atoms with Crippen molar-refractivity contribution in [1.29, 1.82) is 0 Å². The van der Waals surface area contributed by atoms with E-state index in [-0.39, 0.29) is 0 Å². The van der Waals surface area contributed by atoms with Crippen LogP contribution in [0.15, 0.2) is 24.3 Å². The van der Waals surface area contributed by atoms with Crippen molar-refractivity contribution in [2.45, 2.75) is 45.7 Å². The summed E-state index contributed by atoms with van der Waals surface area (Å²) in [5, 5.41) is 4.09. The summed E-state index contributed by atoms with van der Waals surface area (Å²) in [4.78, 5) is 4.58. The Labute approximate surface area is 134 Å². The van der Waals surface area contributed by atoms with E-state index in [1.165, 1.54) is 43.6 Å². The first-order valence-corrected chi connectivity index (χ1v) is 8.32. The van der Waals surface area contributed by atoms with Gasteiger partial charge in [-0.05, 0) is 63.0 Å². The summed E-state index contributed by atoms with van der Waals surface area (Å²) in [6.07, 6.45) is 4.01. The van der Waals surface area contributed by atoms with Crippen LogP contribution < -0.4 is 10.2 Å². The maximum atomic E-state index is 5.39. The zero-order chi connectivity index (χ0) is 15.2. The summed E-state index contributed by atoms with van der Waals surface area (Å²) in [6, 6.07) is 9.30. The van der Waals surface area contributed by atoms with Crippen LogP contribution in [0.5, 0.6) is 0 Å². The van der Waals surface area contributed by atoms with E-state index >= 15 is 0 Å². The van der Waals surface area contributed by atoms with Gasteiger partial charge in [-0.1, -0.05) is 12.1 Å². The SMILES string of the molecule is CC(C)NC(=S)N(C)Cc1ccc(N2CCCCC2)cc1. The molecule has 0 spiro atoms. The molecule has 21 heavy (non-hydrogen) atoms. The van der Waals surface area contributed by atoms with Gasteiger partial charge in [-0.25, -0.2) is 0 Å². The normalized spacial score (nSPS) is 15.1. The number of rotatable bonds is 4. The summed E-state index contributed by atoms with van der Waals surface area (Å²) >= 11 is 5.39. The second-order valence-corrected chi connectivity index (χ2v) is 6.56. The quantitative estimate of drug-likeness (QED) is 0.859. The van der Waals surface area contributed by atoms with Crippen molar-refractivity contribution in [2.24, 2.45) is 0 Å². The number of anilines is 1. The fourth-order valence-electron chi connectivity index (χ4n) is 2.67. The zero-order valence-corrected chi connectivity index (χ0v) is 14.2. The summed E-state index contributed by atoms with van der Waals surface area (Å²) in [6.45, 7) is 7.45. The van der Waals surface area contributed by atoms with Crippen molar-refractivity contribution in [1.82, 2.24) is 10.2 Å². The average molecular weight is 305 g/mol. The van der Waals surface area contributed by atoms with Crippen LogP contribution in [0.1, 0.15) is 38.7 Å². The summed E-state index contributed by atoms with van der Waals surface area (Å²) in [7, 11) is 2.04. The molecule has 116 valence electrons. The molecular formula is C17H27N3S. The average Bonchev–Trinajstić information content (AvgIpc) is 2.48. The van der Waals surface area contributed by atoms with Crippen LogP contribution in [0, 0.1) is 0 Å². The van der Waals surface area contributed by atoms with Gasteiger partial charge in [0, 0.05) is 38.4 Å². The third kappa shape index (κ3) is 4.88. The molecule has 1 aromatic rings. The first-order chi connectivity index (χ1) is 10.1. The zero-order valence-electron chi connectivity index (χ0n) is 13.4. The number of benzene rings is 1.